The van der Waals surface area contributed by atoms with Crippen LogP contribution in [0.1, 0.15) is 15.9 Å². The zero-order valence-corrected chi connectivity index (χ0v) is 21.7. The highest BCUT2D eigenvalue weighted by molar-refractivity contribution is 7.99. The summed E-state index contributed by atoms with van der Waals surface area (Å²) in [5.41, 5.74) is 2.81. The van der Waals surface area contributed by atoms with E-state index in [-0.39, 0.29) is 17.4 Å². The maximum Gasteiger partial charge on any atom is 0.193 e. The van der Waals surface area contributed by atoms with Gasteiger partial charge in [-0.25, -0.2) is 8.78 Å². The highest BCUT2D eigenvalue weighted by Crippen LogP contribution is 2.38. The van der Waals surface area contributed by atoms with Crippen LogP contribution in [0.5, 0.6) is 0 Å². The maximum atomic E-state index is 14.1. The Morgan fingerprint density at radius 3 is 1.86 bits per heavy atom. The predicted octanol–water partition coefficient (Wildman–Crippen LogP) is 9.82. The highest BCUT2D eigenvalue weighted by Gasteiger charge is 2.11. The quantitative estimate of drug-likeness (QED) is 0.190. The Hall–Kier alpha value is -3.38. The zero-order valence-electron chi connectivity index (χ0n) is 19.3. The fraction of sp³-hybridized carbons (Fsp3) is 0. The van der Waals surface area contributed by atoms with Crippen molar-refractivity contribution in [3.63, 3.8) is 0 Å². The molecule has 0 aliphatic rings. The molecule has 0 amide bonds. The molecule has 0 heterocycles. The summed E-state index contributed by atoms with van der Waals surface area (Å²) >= 11 is 9.05. The molecule has 0 N–H and O–H groups in total. The molecule has 0 aliphatic heterocycles. The van der Waals surface area contributed by atoms with Gasteiger partial charge in [-0.1, -0.05) is 59.4 Å². The molecular weight excluding hydrogens is 526 g/mol. The fourth-order valence-corrected chi connectivity index (χ4v) is 5.71. The molecule has 5 aromatic carbocycles. The molecule has 0 radical (unpaired) electrons. The molecule has 6 heteroatoms. The summed E-state index contributed by atoms with van der Waals surface area (Å²) < 4.78 is 27.4. The van der Waals surface area contributed by atoms with Gasteiger partial charge in [-0.05, 0) is 102 Å². The first-order valence-electron chi connectivity index (χ1n) is 11.4. The number of carbonyl (C=O) groups excluding carboxylic acids is 1. The molecular formula is C31H19ClF2OS2. The molecule has 0 saturated heterocycles. The first kappa shape index (κ1) is 25.3. The van der Waals surface area contributed by atoms with Crippen molar-refractivity contribution in [1.82, 2.24) is 0 Å². The Kier molecular flexibility index (Phi) is 7.75. The van der Waals surface area contributed by atoms with Gasteiger partial charge in [0.1, 0.15) is 11.6 Å². The van der Waals surface area contributed by atoms with Crippen LogP contribution in [-0.4, -0.2) is 5.78 Å². The van der Waals surface area contributed by atoms with Gasteiger partial charge in [-0.2, -0.15) is 0 Å². The van der Waals surface area contributed by atoms with Crippen LogP contribution < -0.4 is 0 Å². The summed E-state index contributed by atoms with van der Waals surface area (Å²) in [5.74, 6) is -0.684. The third kappa shape index (κ3) is 6.31. The third-order valence-corrected chi connectivity index (χ3v) is 7.92. The first-order valence-corrected chi connectivity index (χ1v) is 13.4. The summed E-state index contributed by atoms with van der Waals surface area (Å²) in [6, 6.07) is 33.2. The number of rotatable bonds is 7. The van der Waals surface area contributed by atoms with E-state index in [1.54, 1.807) is 54.2 Å². The van der Waals surface area contributed by atoms with E-state index in [1.165, 1.54) is 36.0 Å². The Balaban J connectivity index is 1.31. The van der Waals surface area contributed by atoms with Crippen molar-refractivity contribution >= 4 is 40.9 Å². The number of carbonyl (C=O) groups is 1. The maximum absolute atomic E-state index is 14.1. The van der Waals surface area contributed by atoms with E-state index in [1.807, 2.05) is 48.5 Å². The topological polar surface area (TPSA) is 17.1 Å². The van der Waals surface area contributed by atoms with E-state index < -0.39 is 0 Å². The number of ketones is 1. The van der Waals surface area contributed by atoms with Crippen LogP contribution in [0, 0.1) is 11.6 Å². The normalized spacial score (nSPS) is 10.9. The number of halogens is 3. The van der Waals surface area contributed by atoms with Gasteiger partial charge in [-0.3, -0.25) is 4.79 Å². The summed E-state index contributed by atoms with van der Waals surface area (Å²) in [6.07, 6.45) is 0. The number of benzene rings is 5. The molecule has 0 saturated carbocycles. The lowest BCUT2D eigenvalue weighted by atomic mass is 10.0. The summed E-state index contributed by atoms with van der Waals surface area (Å²) in [4.78, 5) is 16.5. The second-order valence-electron chi connectivity index (χ2n) is 8.19. The van der Waals surface area contributed by atoms with Gasteiger partial charge < -0.3 is 0 Å². The second-order valence-corrected chi connectivity index (χ2v) is 10.9. The highest BCUT2D eigenvalue weighted by atomic mass is 35.5. The minimum absolute atomic E-state index is 0.0761. The van der Waals surface area contributed by atoms with Crippen molar-refractivity contribution in [2.24, 2.45) is 0 Å². The van der Waals surface area contributed by atoms with Gasteiger partial charge in [-0.15, -0.1) is 0 Å². The zero-order chi connectivity index (χ0) is 25.8. The molecule has 0 spiro atoms. The summed E-state index contributed by atoms with van der Waals surface area (Å²) in [6.45, 7) is 0. The molecule has 0 fully saturated rings. The van der Waals surface area contributed by atoms with Crippen molar-refractivity contribution in [2.75, 3.05) is 0 Å². The second kappa shape index (κ2) is 11.3. The fourth-order valence-electron chi connectivity index (χ4n) is 3.76. The average molecular weight is 545 g/mol. The van der Waals surface area contributed by atoms with E-state index in [0.29, 0.717) is 16.1 Å². The molecule has 0 aromatic heterocycles. The molecule has 0 aliphatic carbocycles. The monoisotopic (exact) mass is 544 g/mol. The van der Waals surface area contributed by atoms with Crippen LogP contribution in [0.2, 0.25) is 5.02 Å². The lowest BCUT2D eigenvalue weighted by Crippen LogP contribution is -2.00. The van der Waals surface area contributed by atoms with Gasteiger partial charge in [0.15, 0.2) is 5.78 Å². The van der Waals surface area contributed by atoms with Crippen LogP contribution in [0.25, 0.3) is 11.1 Å². The van der Waals surface area contributed by atoms with Crippen molar-refractivity contribution in [3.8, 4) is 11.1 Å². The van der Waals surface area contributed by atoms with Crippen molar-refractivity contribution < 1.29 is 13.6 Å². The van der Waals surface area contributed by atoms with Gasteiger partial charge in [0.2, 0.25) is 0 Å². The average Bonchev–Trinajstić information content (AvgIpc) is 2.91. The standard InChI is InChI=1S/C31H19ClF2OS2/c32-23-3-1-2-22(18-23)31(35)21-6-13-27(14-7-21)36-26-11-4-20(5-12-26)29-19-25(34)10-17-30(29)37-28-15-8-24(33)9-16-28/h1-19H. The minimum atomic E-state index is -0.315. The van der Waals surface area contributed by atoms with Crippen LogP contribution in [0.15, 0.2) is 135 Å². The summed E-state index contributed by atoms with van der Waals surface area (Å²) in [7, 11) is 0. The molecule has 1 nitrogen and oxygen atoms in total. The van der Waals surface area contributed by atoms with E-state index in [9.17, 15) is 13.6 Å². The third-order valence-electron chi connectivity index (χ3n) is 5.59. The summed E-state index contributed by atoms with van der Waals surface area (Å²) in [5, 5.41) is 0.529. The van der Waals surface area contributed by atoms with Crippen LogP contribution >= 0.6 is 35.1 Å². The van der Waals surface area contributed by atoms with E-state index in [4.69, 9.17) is 11.6 Å². The SMILES string of the molecule is O=C(c1ccc(Sc2ccc(-c3cc(F)ccc3Sc3ccc(F)cc3)cc2)cc1)c1cccc(Cl)c1. The van der Waals surface area contributed by atoms with Gasteiger partial charge in [0, 0.05) is 35.7 Å². The van der Waals surface area contributed by atoms with Crippen molar-refractivity contribution in [3.05, 3.63) is 143 Å². The lowest BCUT2D eigenvalue weighted by molar-refractivity contribution is 0.103. The van der Waals surface area contributed by atoms with Crippen molar-refractivity contribution in [1.29, 1.82) is 0 Å². The Morgan fingerprint density at radius 1 is 0.595 bits per heavy atom. The number of hydrogen-bond acceptors (Lipinski definition) is 3. The molecule has 5 aromatic rings. The molecule has 37 heavy (non-hydrogen) atoms. The minimum Gasteiger partial charge on any atom is -0.289 e. The molecule has 0 bridgehead atoms. The van der Waals surface area contributed by atoms with Gasteiger partial charge in [0.05, 0.1) is 0 Å². The Labute approximate surface area is 227 Å². The van der Waals surface area contributed by atoms with Gasteiger partial charge in [0.25, 0.3) is 0 Å². The molecule has 182 valence electrons. The molecule has 5 rings (SSSR count). The Bertz CT molecular complexity index is 1550. The first-order chi connectivity index (χ1) is 17.9. The predicted molar refractivity (Wildman–Crippen MR) is 148 cm³/mol. The molecule has 0 unspecified atom stereocenters. The van der Waals surface area contributed by atoms with Crippen LogP contribution in [0.4, 0.5) is 8.78 Å². The van der Waals surface area contributed by atoms with Gasteiger partial charge >= 0.3 is 0 Å². The van der Waals surface area contributed by atoms with Crippen LogP contribution in [-0.2, 0) is 0 Å². The van der Waals surface area contributed by atoms with Crippen LogP contribution in [0.3, 0.4) is 0 Å². The van der Waals surface area contributed by atoms with E-state index >= 15 is 0 Å². The Morgan fingerprint density at radius 2 is 1.19 bits per heavy atom. The largest absolute Gasteiger partial charge is 0.289 e. The van der Waals surface area contributed by atoms with E-state index in [0.717, 1.165) is 30.7 Å². The number of hydrogen-bond donors (Lipinski definition) is 0. The smallest absolute Gasteiger partial charge is 0.193 e. The van der Waals surface area contributed by atoms with Crippen molar-refractivity contribution in [2.45, 2.75) is 19.6 Å². The van der Waals surface area contributed by atoms with E-state index in [2.05, 4.69) is 0 Å². The lowest BCUT2D eigenvalue weighted by Gasteiger charge is -2.11. The molecule has 0 atom stereocenters.